The van der Waals surface area contributed by atoms with Gasteiger partial charge >= 0.3 is 11.8 Å². The molecule has 0 aliphatic carbocycles. The summed E-state index contributed by atoms with van der Waals surface area (Å²) in [7, 11) is 0. The minimum Gasteiger partial charge on any atom is -0.372 e. The Morgan fingerprint density at radius 1 is 1.37 bits per heavy atom. The van der Waals surface area contributed by atoms with Gasteiger partial charge in [0.1, 0.15) is 0 Å². The van der Waals surface area contributed by atoms with Crippen molar-refractivity contribution in [3.63, 3.8) is 0 Å². The van der Waals surface area contributed by atoms with Crippen LogP contribution < -0.4 is 5.32 Å². The largest absolute Gasteiger partial charge is 0.372 e. The Bertz CT molecular complexity index is 453. The number of carbonyl (C=O) groups is 2. The number of nitrogens with zero attached hydrogens (tertiary/aromatic N) is 2. The third-order valence-corrected chi connectivity index (χ3v) is 2.82. The molecule has 1 aromatic heterocycles. The molecule has 1 aliphatic rings. The zero-order valence-electron chi connectivity index (χ0n) is 11.0. The van der Waals surface area contributed by atoms with Crippen molar-refractivity contribution in [3.05, 3.63) is 24.5 Å². The first kappa shape index (κ1) is 13.5. The zero-order chi connectivity index (χ0) is 13.8. The van der Waals surface area contributed by atoms with E-state index in [0.717, 1.165) is 0 Å². The van der Waals surface area contributed by atoms with Crippen LogP contribution in [0, 0.1) is 0 Å². The monoisotopic (exact) mass is 263 g/mol. The second kappa shape index (κ2) is 5.79. The van der Waals surface area contributed by atoms with Gasteiger partial charge in [0.2, 0.25) is 0 Å². The molecule has 1 aromatic rings. The van der Waals surface area contributed by atoms with Gasteiger partial charge in [-0.2, -0.15) is 0 Å². The number of nitrogens with one attached hydrogen (secondary N) is 1. The van der Waals surface area contributed by atoms with E-state index in [4.69, 9.17) is 4.74 Å². The minimum atomic E-state index is -0.644. The minimum absolute atomic E-state index is 0.0566. The lowest BCUT2D eigenvalue weighted by Gasteiger charge is -2.34. The summed E-state index contributed by atoms with van der Waals surface area (Å²) in [5.41, 5.74) is 0.509. The molecule has 2 rings (SSSR count). The summed E-state index contributed by atoms with van der Waals surface area (Å²) in [6.07, 6.45) is 2.98. The van der Waals surface area contributed by atoms with Crippen LogP contribution in [-0.4, -0.2) is 47.0 Å². The van der Waals surface area contributed by atoms with Gasteiger partial charge in [-0.05, 0) is 26.0 Å². The van der Waals surface area contributed by atoms with Crippen LogP contribution in [0.1, 0.15) is 13.8 Å². The molecule has 6 nitrogen and oxygen atoms in total. The summed E-state index contributed by atoms with van der Waals surface area (Å²) >= 11 is 0. The Kier molecular flexibility index (Phi) is 4.11. The smallest absolute Gasteiger partial charge is 0.313 e. The summed E-state index contributed by atoms with van der Waals surface area (Å²) in [5, 5.41) is 2.54. The second-order valence-corrected chi connectivity index (χ2v) is 4.66. The van der Waals surface area contributed by atoms with E-state index >= 15 is 0 Å². The molecule has 102 valence electrons. The van der Waals surface area contributed by atoms with E-state index in [2.05, 4.69) is 10.3 Å². The molecule has 0 spiro atoms. The first-order chi connectivity index (χ1) is 9.06. The standard InChI is InChI=1S/C13H17N3O3/c1-9-7-16(8-10(2)19-9)13(18)12(17)15-11-4-3-5-14-6-11/h3-6,9-10H,7-8H2,1-2H3,(H,15,17)/t9-,10-/m1/s1. The topological polar surface area (TPSA) is 71.5 Å². The fourth-order valence-corrected chi connectivity index (χ4v) is 2.11. The highest BCUT2D eigenvalue weighted by molar-refractivity contribution is 6.39. The average Bonchev–Trinajstić information content (AvgIpc) is 2.37. The SMILES string of the molecule is C[C@@H]1CN(C(=O)C(=O)Nc2cccnc2)C[C@@H](C)O1. The third-order valence-electron chi connectivity index (χ3n) is 2.82. The van der Waals surface area contributed by atoms with Gasteiger partial charge in [0.25, 0.3) is 0 Å². The molecular formula is C13H17N3O3. The molecule has 1 fully saturated rings. The Labute approximate surface area is 111 Å². The Balaban J connectivity index is 1.97. The zero-order valence-corrected chi connectivity index (χ0v) is 11.0. The van der Waals surface area contributed by atoms with Gasteiger partial charge in [-0.15, -0.1) is 0 Å². The normalized spacial score (nSPS) is 22.9. The molecule has 0 saturated carbocycles. The number of aromatic nitrogens is 1. The molecule has 1 N–H and O–H groups in total. The summed E-state index contributed by atoms with van der Waals surface area (Å²) in [6, 6.07) is 3.38. The summed E-state index contributed by atoms with van der Waals surface area (Å²) < 4.78 is 5.53. The third kappa shape index (κ3) is 3.51. The van der Waals surface area contributed by atoms with Crippen LogP contribution in [0.4, 0.5) is 5.69 Å². The fraction of sp³-hybridized carbons (Fsp3) is 0.462. The number of ether oxygens (including phenoxy) is 1. The summed E-state index contributed by atoms with van der Waals surface area (Å²) in [5.74, 6) is -1.18. The Morgan fingerprint density at radius 2 is 2.05 bits per heavy atom. The fourth-order valence-electron chi connectivity index (χ4n) is 2.11. The lowest BCUT2D eigenvalue weighted by Crippen LogP contribution is -2.51. The van der Waals surface area contributed by atoms with E-state index in [1.807, 2.05) is 13.8 Å². The molecule has 0 aromatic carbocycles. The molecule has 2 heterocycles. The number of amides is 2. The van der Waals surface area contributed by atoms with Crippen molar-refractivity contribution in [1.82, 2.24) is 9.88 Å². The first-order valence-electron chi connectivity index (χ1n) is 6.22. The number of hydrogen-bond acceptors (Lipinski definition) is 4. The van der Waals surface area contributed by atoms with Crippen LogP contribution in [0.2, 0.25) is 0 Å². The van der Waals surface area contributed by atoms with Crippen molar-refractivity contribution in [2.24, 2.45) is 0 Å². The van der Waals surface area contributed by atoms with Crippen LogP contribution in [0.15, 0.2) is 24.5 Å². The average molecular weight is 263 g/mol. The highest BCUT2D eigenvalue weighted by Gasteiger charge is 2.29. The molecule has 1 saturated heterocycles. The number of carbonyl (C=O) groups excluding carboxylic acids is 2. The van der Waals surface area contributed by atoms with Crippen molar-refractivity contribution < 1.29 is 14.3 Å². The number of pyridine rings is 1. The van der Waals surface area contributed by atoms with Crippen molar-refractivity contribution >= 4 is 17.5 Å². The summed E-state index contributed by atoms with van der Waals surface area (Å²) in [4.78, 5) is 29.3. The lowest BCUT2D eigenvalue weighted by atomic mass is 10.2. The molecule has 1 aliphatic heterocycles. The van der Waals surface area contributed by atoms with Crippen LogP contribution in [0.3, 0.4) is 0 Å². The maximum absolute atomic E-state index is 12.0. The van der Waals surface area contributed by atoms with Gasteiger partial charge in [0.05, 0.1) is 24.1 Å². The Hall–Kier alpha value is -1.95. The predicted octanol–water partition coefficient (Wildman–Crippen LogP) is 0.656. The van der Waals surface area contributed by atoms with Crippen LogP contribution in [0.5, 0.6) is 0 Å². The second-order valence-electron chi connectivity index (χ2n) is 4.66. The van der Waals surface area contributed by atoms with Crippen LogP contribution in [-0.2, 0) is 14.3 Å². The van der Waals surface area contributed by atoms with E-state index in [1.165, 1.54) is 11.1 Å². The van der Waals surface area contributed by atoms with Crippen LogP contribution >= 0.6 is 0 Å². The number of morpholine rings is 1. The van der Waals surface area contributed by atoms with E-state index in [-0.39, 0.29) is 12.2 Å². The van der Waals surface area contributed by atoms with E-state index in [9.17, 15) is 9.59 Å². The predicted molar refractivity (Wildman–Crippen MR) is 69.5 cm³/mol. The Morgan fingerprint density at radius 3 is 2.63 bits per heavy atom. The van der Waals surface area contributed by atoms with E-state index < -0.39 is 11.8 Å². The van der Waals surface area contributed by atoms with Gasteiger partial charge in [0.15, 0.2) is 0 Å². The van der Waals surface area contributed by atoms with Gasteiger partial charge in [-0.25, -0.2) is 0 Å². The quantitative estimate of drug-likeness (QED) is 0.755. The molecule has 2 amide bonds. The highest BCUT2D eigenvalue weighted by atomic mass is 16.5. The maximum Gasteiger partial charge on any atom is 0.313 e. The number of anilines is 1. The van der Waals surface area contributed by atoms with Gasteiger partial charge in [0, 0.05) is 19.3 Å². The van der Waals surface area contributed by atoms with Crippen molar-refractivity contribution in [2.45, 2.75) is 26.1 Å². The number of hydrogen-bond donors (Lipinski definition) is 1. The summed E-state index contributed by atoms with van der Waals surface area (Å²) in [6.45, 7) is 4.64. The van der Waals surface area contributed by atoms with E-state index in [0.29, 0.717) is 18.8 Å². The van der Waals surface area contributed by atoms with Crippen LogP contribution in [0.25, 0.3) is 0 Å². The molecule has 0 unspecified atom stereocenters. The molecule has 19 heavy (non-hydrogen) atoms. The van der Waals surface area contributed by atoms with Crippen molar-refractivity contribution in [1.29, 1.82) is 0 Å². The van der Waals surface area contributed by atoms with Gasteiger partial charge in [-0.1, -0.05) is 0 Å². The van der Waals surface area contributed by atoms with E-state index in [1.54, 1.807) is 18.3 Å². The van der Waals surface area contributed by atoms with Gasteiger partial charge < -0.3 is 15.0 Å². The molecule has 2 atom stereocenters. The van der Waals surface area contributed by atoms with Crippen molar-refractivity contribution in [2.75, 3.05) is 18.4 Å². The van der Waals surface area contributed by atoms with Gasteiger partial charge in [-0.3, -0.25) is 14.6 Å². The molecular weight excluding hydrogens is 246 g/mol. The highest BCUT2D eigenvalue weighted by Crippen LogP contribution is 2.11. The number of rotatable bonds is 1. The van der Waals surface area contributed by atoms with Crippen molar-refractivity contribution in [3.8, 4) is 0 Å². The lowest BCUT2D eigenvalue weighted by molar-refractivity contribution is -0.151. The maximum atomic E-state index is 12.0. The molecule has 0 radical (unpaired) electrons. The molecule has 6 heteroatoms. The first-order valence-corrected chi connectivity index (χ1v) is 6.22. The molecule has 0 bridgehead atoms.